The molecule has 0 saturated heterocycles. The van der Waals surface area contributed by atoms with Crippen molar-refractivity contribution in [2.45, 2.75) is 11.8 Å². The van der Waals surface area contributed by atoms with Gasteiger partial charge >= 0.3 is 0 Å². The number of aromatic nitrogens is 3. The van der Waals surface area contributed by atoms with Crippen molar-refractivity contribution in [2.75, 3.05) is 20.0 Å². The summed E-state index contributed by atoms with van der Waals surface area (Å²) in [6.45, 7) is 0.205. The molecule has 0 unspecified atom stereocenters. The van der Waals surface area contributed by atoms with E-state index < -0.39 is 0 Å². The van der Waals surface area contributed by atoms with Gasteiger partial charge in [-0.3, -0.25) is 9.36 Å². The number of methoxy groups -OCH3 is 2. The second-order valence-corrected chi connectivity index (χ2v) is 9.49. The third-order valence-electron chi connectivity index (χ3n) is 6.10. The van der Waals surface area contributed by atoms with Crippen LogP contribution in [0.5, 0.6) is 17.2 Å². The summed E-state index contributed by atoms with van der Waals surface area (Å²) in [5, 5.41) is 9.38. The maximum absolute atomic E-state index is 12.8. The molecule has 8 heteroatoms. The van der Waals surface area contributed by atoms with Crippen LogP contribution in [0.25, 0.3) is 16.8 Å². The normalized spacial score (nSPS) is 10.7. The molecule has 0 aliphatic carbocycles. The van der Waals surface area contributed by atoms with Gasteiger partial charge in [-0.1, -0.05) is 54.2 Å². The second kappa shape index (κ2) is 12.3. The van der Waals surface area contributed by atoms with Crippen LogP contribution >= 0.6 is 11.8 Å². The Morgan fingerprint density at radius 1 is 0.718 bits per heavy atom. The summed E-state index contributed by atoms with van der Waals surface area (Å²) < 4.78 is 18.5. The minimum Gasteiger partial charge on any atom is -0.497 e. The van der Waals surface area contributed by atoms with Gasteiger partial charge in [0.2, 0.25) is 0 Å². The molecule has 196 valence electrons. The summed E-state index contributed by atoms with van der Waals surface area (Å²) in [6.07, 6.45) is 0. The standard InChI is InChI=1S/C31H27N3O4S/c1-36-26-14-10-24(11-15-26)29(35)21-39-31-33-32-30(34(31)25-12-18-27(37-2)19-13-25)20-38-28-16-8-23(9-17-28)22-6-4-3-5-7-22/h3-19H,20-21H2,1-2H3. The van der Waals surface area contributed by atoms with Crippen LogP contribution in [0.4, 0.5) is 0 Å². The summed E-state index contributed by atoms with van der Waals surface area (Å²) in [5.74, 6) is 2.99. The van der Waals surface area contributed by atoms with Gasteiger partial charge in [0.1, 0.15) is 23.9 Å². The van der Waals surface area contributed by atoms with E-state index in [9.17, 15) is 4.79 Å². The van der Waals surface area contributed by atoms with Gasteiger partial charge < -0.3 is 14.2 Å². The summed E-state index contributed by atoms with van der Waals surface area (Å²) in [6, 6.07) is 32.8. The number of ketones is 1. The van der Waals surface area contributed by atoms with Crippen molar-refractivity contribution in [2.24, 2.45) is 0 Å². The van der Waals surface area contributed by atoms with Crippen molar-refractivity contribution >= 4 is 17.5 Å². The first-order valence-electron chi connectivity index (χ1n) is 12.3. The van der Waals surface area contributed by atoms with E-state index in [1.165, 1.54) is 11.8 Å². The largest absolute Gasteiger partial charge is 0.497 e. The van der Waals surface area contributed by atoms with E-state index in [0.717, 1.165) is 28.3 Å². The number of hydrogen-bond acceptors (Lipinski definition) is 7. The number of rotatable bonds is 11. The minimum absolute atomic E-state index is 0.0109. The summed E-state index contributed by atoms with van der Waals surface area (Å²) in [7, 11) is 3.22. The predicted molar refractivity (Wildman–Crippen MR) is 152 cm³/mol. The lowest BCUT2D eigenvalue weighted by molar-refractivity contribution is 0.102. The van der Waals surface area contributed by atoms with E-state index in [1.807, 2.05) is 71.3 Å². The van der Waals surface area contributed by atoms with E-state index in [1.54, 1.807) is 38.5 Å². The molecule has 0 aliphatic rings. The van der Waals surface area contributed by atoms with Gasteiger partial charge in [0.15, 0.2) is 16.8 Å². The van der Waals surface area contributed by atoms with Gasteiger partial charge in [-0.05, 0) is 71.8 Å². The van der Waals surface area contributed by atoms with E-state index in [-0.39, 0.29) is 18.1 Å². The Hall–Kier alpha value is -4.56. The predicted octanol–water partition coefficient (Wildman–Crippen LogP) is 6.51. The molecule has 5 rings (SSSR count). The smallest absolute Gasteiger partial charge is 0.196 e. The van der Waals surface area contributed by atoms with Crippen LogP contribution in [0.2, 0.25) is 0 Å². The van der Waals surface area contributed by atoms with Crippen LogP contribution in [0.3, 0.4) is 0 Å². The molecule has 4 aromatic carbocycles. The fourth-order valence-electron chi connectivity index (χ4n) is 3.99. The van der Waals surface area contributed by atoms with Gasteiger partial charge in [-0.25, -0.2) is 0 Å². The van der Waals surface area contributed by atoms with E-state index in [2.05, 4.69) is 22.3 Å². The molecule has 0 bridgehead atoms. The van der Waals surface area contributed by atoms with Crippen LogP contribution in [0, 0.1) is 0 Å². The van der Waals surface area contributed by atoms with Gasteiger partial charge in [-0.2, -0.15) is 0 Å². The van der Waals surface area contributed by atoms with E-state index in [4.69, 9.17) is 14.2 Å². The third kappa shape index (κ3) is 6.30. The second-order valence-electron chi connectivity index (χ2n) is 8.55. The number of nitrogens with zero attached hydrogens (tertiary/aromatic N) is 3. The molecule has 0 saturated carbocycles. The average molecular weight is 538 g/mol. The van der Waals surface area contributed by atoms with Gasteiger partial charge in [-0.15, -0.1) is 10.2 Å². The Labute approximate surface area is 231 Å². The summed E-state index contributed by atoms with van der Waals surface area (Å²) >= 11 is 1.33. The Morgan fingerprint density at radius 3 is 1.95 bits per heavy atom. The van der Waals surface area contributed by atoms with Crippen molar-refractivity contribution in [3.63, 3.8) is 0 Å². The van der Waals surface area contributed by atoms with Crippen molar-refractivity contribution in [3.8, 4) is 34.1 Å². The lowest BCUT2D eigenvalue weighted by Gasteiger charge is -2.12. The Balaban J connectivity index is 1.33. The molecule has 0 atom stereocenters. The van der Waals surface area contributed by atoms with Crippen molar-refractivity contribution in [1.29, 1.82) is 0 Å². The number of thioether (sulfide) groups is 1. The van der Waals surface area contributed by atoms with E-state index >= 15 is 0 Å². The molecule has 7 nitrogen and oxygen atoms in total. The van der Waals surface area contributed by atoms with Crippen LogP contribution in [-0.4, -0.2) is 40.5 Å². The highest BCUT2D eigenvalue weighted by molar-refractivity contribution is 7.99. The van der Waals surface area contributed by atoms with Crippen LogP contribution in [-0.2, 0) is 6.61 Å². The molecule has 0 fully saturated rings. The molecule has 1 heterocycles. The molecule has 5 aromatic rings. The highest BCUT2D eigenvalue weighted by Gasteiger charge is 2.17. The number of Topliss-reactive ketones (excluding diaryl/α,β-unsaturated/α-hetero) is 1. The summed E-state index contributed by atoms with van der Waals surface area (Å²) in [4.78, 5) is 12.8. The van der Waals surface area contributed by atoms with Crippen molar-refractivity contribution < 1.29 is 19.0 Å². The molecule has 1 aromatic heterocycles. The van der Waals surface area contributed by atoms with E-state index in [0.29, 0.717) is 22.3 Å². The monoisotopic (exact) mass is 537 g/mol. The highest BCUT2D eigenvalue weighted by Crippen LogP contribution is 2.27. The van der Waals surface area contributed by atoms with Crippen molar-refractivity contribution in [1.82, 2.24) is 14.8 Å². The molecule has 0 aliphatic heterocycles. The first-order chi connectivity index (χ1) is 19.1. The fraction of sp³-hybridized carbons (Fsp3) is 0.129. The zero-order valence-electron chi connectivity index (χ0n) is 21.6. The molecule has 0 radical (unpaired) electrons. The number of ether oxygens (including phenoxy) is 3. The number of carbonyl (C=O) groups excluding carboxylic acids is 1. The molecule has 0 amide bonds. The van der Waals surface area contributed by atoms with Crippen LogP contribution in [0.15, 0.2) is 108 Å². The zero-order chi connectivity index (χ0) is 27.0. The van der Waals surface area contributed by atoms with Crippen LogP contribution in [0.1, 0.15) is 16.2 Å². The third-order valence-corrected chi connectivity index (χ3v) is 7.03. The van der Waals surface area contributed by atoms with Gasteiger partial charge in [0.25, 0.3) is 0 Å². The fourth-order valence-corrected chi connectivity index (χ4v) is 4.86. The first kappa shape index (κ1) is 26.1. The number of benzene rings is 4. The lowest BCUT2D eigenvalue weighted by Crippen LogP contribution is -2.08. The highest BCUT2D eigenvalue weighted by atomic mass is 32.2. The maximum atomic E-state index is 12.8. The zero-order valence-corrected chi connectivity index (χ0v) is 22.4. The minimum atomic E-state index is -0.0109. The molecular weight excluding hydrogens is 510 g/mol. The maximum Gasteiger partial charge on any atom is 0.196 e. The molecule has 39 heavy (non-hydrogen) atoms. The van der Waals surface area contributed by atoms with Gasteiger partial charge in [0.05, 0.1) is 20.0 Å². The van der Waals surface area contributed by atoms with Gasteiger partial charge in [0, 0.05) is 11.3 Å². The first-order valence-corrected chi connectivity index (χ1v) is 13.3. The lowest BCUT2D eigenvalue weighted by atomic mass is 10.1. The topological polar surface area (TPSA) is 75.5 Å². The number of hydrogen-bond donors (Lipinski definition) is 0. The Morgan fingerprint density at radius 2 is 1.31 bits per heavy atom. The quantitative estimate of drug-likeness (QED) is 0.141. The molecule has 0 N–H and O–H groups in total. The summed E-state index contributed by atoms with van der Waals surface area (Å²) in [5.41, 5.74) is 3.72. The Kier molecular flexibility index (Phi) is 8.23. The SMILES string of the molecule is COc1ccc(C(=O)CSc2nnc(COc3ccc(-c4ccccc4)cc3)n2-c2ccc(OC)cc2)cc1. The van der Waals surface area contributed by atoms with Crippen molar-refractivity contribution in [3.05, 3.63) is 115 Å². The number of carbonyl (C=O) groups is 1. The molecular formula is C31H27N3O4S. The molecule has 0 spiro atoms. The average Bonchev–Trinajstić information content (AvgIpc) is 3.42. The van der Waals surface area contributed by atoms with Crippen LogP contribution < -0.4 is 14.2 Å². The Bertz CT molecular complexity index is 1520.